The molecule has 3 heterocycles. The fourth-order valence-corrected chi connectivity index (χ4v) is 3.45. The zero-order valence-corrected chi connectivity index (χ0v) is 12.2. The number of aromatic nitrogens is 3. The van der Waals surface area contributed by atoms with Gasteiger partial charge in [0.1, 0.15) is 11.0 Å². The van der Waals surface area contributed by atoms with E-state index in [1.165, 1.54) is 6.33 Å². The van der Waals surface area contributed by atoms with Crippen LogP contribution in [0.1, 0.15) is 5.56 Å². The minimum Gasteiger partial charge on any atom is -0.343 e. The number of thiophene rings is 1. The van der Waals surface area contributed by atoms with Crippen LogP contribution >= 0.6 is 11.3 Å². The largest absolute Gasteiger partial charge is 0.343 e. The Balaban J connectivity index is 2.51. The molecule has 21 heavy (non-hydrogen) atoms. The molecule has 0 atom stereocenters. The summed E-state index contributed by atoms with van der Waals surface area (Å²) in [6.07, 6.45) is 1.33. The third-order valence-electron chi connectivity index (χ3n) is 3.36. The van der Waals surface area contributed by atoms with E-state index in [1.54, 1.807) is 11.3 Å². The minimum absolute atomic E-state index is 0.251. The van der Waals surface area contributed by atoms with Gasteiger partial charge in [0.05, 0.1) is 18.6 Å². The average Bonchev–Trinajstić information content (AvgIpc) is 3.01. The first-order valence-electron chi connectivity index (χ1n) is 6.41. The first-order valence-corrected chi connectivity index (χ1v) is 7.28. The summed E-state index contributed by atoms with van der Waals surface area (Å²) in [5.41, 5.74) is 8.50. The fourth-order valence-electron chi connectivity index (χ4n) is 2.47. The van der Waals surface area contributed by atoms with Gasteiger partial charge in [0.25, 0.3) is 5.56 Å². The van der Waals surface area contributed by atoms with Gasteiger partial charge in [-0.25, -0.2) is 9.83 Å². The van der Waals surface area contributed by atoms with Gasteiger partial charge in [-0.05, 0) is 23.9 Å². The maximum Gasteiger partial charge on any atom is 0.273 e. The minimum atomic E-state index is -0.251. The second-order valence-electron chi connectivity index (χ2n) is 4.61. The van der Waals surface area contributed by atoms with Crippen LogP contribution in [-0.4, -0.2) is 21.1 Å². The van der Waals surface area contributed by atoms with Gasteiger partial charge in [-0.15, -0.1) is 11.3 Å². The van der Waals surface area contributed by atoms with Crippen molar-refractivity contribution in [2.75, 3.05) is 6.54 Å². The Morgan fingerprint density at radius 1 is 1.57 bits per heavy atom. The number of H-pyrrole nitrogens is 1. The number of aromatic amines is 1. The van der Waals surface area contributed by atoms with Crippen molar-refractivity contribution in [2.45, 2.75) is 13.5 Å². The molecular formula is C14H13N5OS. The zero-order valence-electron chi connectivity index (χ0n) is 11.4. The number of nitrogens with one attached hydrogen (secondary N) is 1. The molecule has 0 saturated heterocycles. The maximum absolute atomic E-state index is 12.2. The van der Waals surface area contributed by atoms with E-state index in [4.69, 9.17) is 12.3 Å². The summed E-state index contributed by atoms with van der Waals surface area (Å²) in [7, 11) is 0. The van der Waals surface area contributed by atoms with Crippen molar-refractivity contribution in [3.8, 4) is 10.6 Å². The van der Waals surface area contributed by atoms with Crippen LogP contribution in [0.5, 0.6) is 0 Å². The molecule has 0 amide bonds. The van der Waals surface area contributed by atoms with Gasteiger partial charge in [-0.1, -0.05) is 0 Å². The molecule has 106 valence electrons. The molecule has 0 aromatic carbocycles. The third kappa shape index (κ3) is 1.96. The topological polar surface area (TPSA) is 81.1 Å². The number of nitrogens with two attached hydrogens (primary N) is 1. The van der Waals surface area contributed by atoms with E-state index in [1.807, 2.05) is 22.9 Å². The van der Waals surface area contributed by atoms with Crippen molar-refractivity contribution >= 4 is 28.1 Å². The standard InChI is InChI=1S/C14H13N5OS/c1-8-3-6-21-13(8)11-9(16-2)10-12(19(11)5-4-15)14(20)18-7-17-10/h3,6-7H,4-5,15H2,1H3,(H,17,18,20). The molecule has 0 aliphatic carbocycles. The monoisotopic (exact) mass is 299 g/mol. The van der Waals surface area contributed by atoms with Gasteiger partial charge in [0.2, 0.25) is 5.69 Å². The fraction of sp³-hybridized carbons (Fsp3) is 0.214. The number of hydrogen-bond donors (Lipinski definition) is 2. The van der Waals surface area contributed by atoms with Gasteiger partial charge >= 0.3 is 0 Å². The molecule has 0 saturated carbocycles. The molecule has 3 aromatic heterocycles. The molecule has 3 aromatic rings. The van der Waals surface area contributed by atoms with Crippen molar-refractivity contribution in [2.24, 2.45) is 5.73 Å². The molecule has 0 fully saturated rings. The molecule has 0 bridgehead atoms. The summed E-state index contributed by atoms with van der Waals surface area (Å²) < 4.78 is 1.81. The highest BCUT2D eigenvalue weighted by Gasteiger charge is 2.23. The summed E-state index contributed by atoms with van der Waals surface area (Å²) in [5.74, 6) is 0. The summed E-state index contributed by atoms with van der Waals surface area (Å²) >= 11 is 1.55. The zero-order chi connectivity index (χ0) is 15.0. The van der Waals surface area contributed by atoms with Crippen LogP contribution in [0, 0.1) is 13.5 Å². The average molecular weight is 299 g/mol. The molecule has 0 unspecified atom stereocenters. The summed E-state index contributed by atoms with van der Waals surface area (Å²) in [6, 6.07) is 2.00. The number of nitrogens with zero attached hydrogens (tertiary/aromatic N) is 3. The Labute approximate surface area is 124 Å². The maximum atomic E-state index is 12.2. The molecule has 7 heteroatoms. The van der Waals surface area contributed by atoms with Gasteiger partial charge < -0.3 is 15.3 Å². The molecule has 0 spiro atoms. The van der Waals surface area contributed by atoms with Crippen LogP contribution in [0.3, 0.4) is 0 Å². The molecule has 0 aliphatic heterocycles. The van der Waals surface area contributed by atoms with Gasteiger partial charge in [-0.3, -0.25) is 4.79 Å². The highest BCUT2D eigenvalue weighted by molar-refractivity contribution is 7.13. The summed E-state index contributed by atoms with van der Waals surface area (Å²) in [4.78, 5) is 23.5. The van der Waals surface area contributed by atoms with Crippen LogP contribution in [0.4, 0.5) is 5.69 Å². The number of hydrogen-bond acceptors (Lipinski definition) is 4. The quantitative estimate of drug-likeness (QED) is 0.728. The number of fused-ring (bicyclic) bond motifs is 1. The lowest BCUT2D eigenvalue weighted by molar-refractivity contribution is 0.739. The number of rotatable bonds is 3. The highest BCUT2D eigenvalue weighted by Crippen LogP contribution is 2.41. The van der Waals surface area contributed by atoms with Crippen LogP contribution in [-0.2, 0) is 6.54 Å². The predicted molar refractivity (Wildman–Crippen MR) is 83.7 cm³/mol. The SMILES string of the molecule is [C-]#[N+]c1c(-c2sccc2C)n(CCN)c2c(=O)[nH]cnc12. The summed E-state index contributed by atoms with van der Waals surface area (Å²) in [6.45, 7) is 10.3. The van der Waals surface area contributed by atoms with Crippen LogP contribution < -0.4 is 11.3 Å². The Bertz CT molecular complexity index is 912. The van der Waals surface area contributed by atoms with Gasteiger partial charge in [0, 0.05) is 18.0 Å². The number of aryl methyl sites for hydroxylation is 1. The van der Waals surface area contributed by atoms with Crippen molar-refractivity contribution in [1.82, 2.24) is 14.5 Å². The molecule has 6 nitrogen and oxygen atoms in total. The van der Waals surface area contributed by atoms with Crippen molar-refractivity contribution in [3.63, 3.8) is 0 Å². The van der Waals surface area contributed by atoms with Crippen LogP contribution in [0.2, 0.25) is 0 Å². The third-order valence-corrected chi connectivity index (χ3v) is 4.38. The normalized spacial score (nSPS) is 10.9. The van der Waals surface area contributed by atoms with E-state index in [0.29, 0.717) is 29.8 Å². The van der Waals surface area contributed by atoms with Crippen LogP contribution in [0.15, 0.2) is 22.6 Å². The lowest BCUT2D eigenvalue weighted by atomic mass is 10.2. The highest BCUT2D eigenvalue weighted by atomic mass is 32.1. The second-order valence-corrected chi connectivity index (χ2v) is 5.53. The lowest BCUT2D eigenvalue weighted by Crippen LogP contribution is -2.16. The van der Waals surface area contributed by atoms with Crippen molar-refractivity contribution in [3.05, 3.63) is 45.1 Å². The first kappa shape index (κ1) is 13.5. The molecule has 3 N–H and O–H groups in total. The first-order chi connectivity index (χ1) is 10.2. The Kier molecular flexibility index (Phi) is 3.33. The molecule has 0 radical (unpaired) electrons. The van der Waals surface area contributed by atoms with E-state index < -0.39 is 0 Å². The Hall–Kier alpha value is -2.43. The van der Waals surface area contributed by atoms with E-state index in [2.05, 4.69) is 14.8 Å². The summed E-state index contributed by atoms with van der Waals surface area (Å²) in [5, 5.41) is 1.97. The Morgan fingerprint density at radius 3 is 3.00 bits per heavy atom. The van der Waals surface area contributed by atoms with Crippen LogP contribution in [0.25, 0.3) is 26.4 Å². The van der Waals surface area contributed by atoms with E-state index in [9.17, 15) is 4.79 Å². The van der Waals surface area contributed by atoms with Gasteiger partial charge in [-0.2, -0.15) is 0 Å². The molecular weight excluding hydrogens is 286 g/mol. The van der Waals surface area contributed by atoms with E-state index >= 15 is 0 Å². The van der Waals surface area contributed by atoms with E-state index in [0.717, 1.165) is 16.1 Å². The second kappa shape index (κ2) is 5.16. The van der Waals surface area contributed by atoms with Crippen molar-refractivity contribution < 1.29 is 0 Å². The molecule has 0 aliphatic rings. The predicted octanol–water partition coefficient (Wildman–Crippen LogP) is 2.27. The van der Waals surface area contributed by atoms with E-state index in [-0.39, 0.29) is 5.56 Å². The van der Waals surface area contributed by atoms with Gasteiger partial charge in [0.15, 0.2) is 0 Å². The smallest absolute Gasteiger partial charge is 0.273 e. The lowest BCUT2D eigenvalue weighted by Gasteiger charge is -2.09. The Morgan fingerprint density at radius 2 is 2.38 bits per heavy atom. The van der Waals surface area contributed by atoms with Crippen molar-refractivity contribution in [1.29, 1.82) is 0 Å². The molecule has 3 rings (SSSR count).